The number of carbonyl (C=O) groups is 3. The largest absolute Gasteiger partial charge is 1.00 e. The maximum Gasteiger partial charge on any atom is 1.00 e. The molecule has 0 fully saturated rings. The molecule has 2 aliphatic rings. The number of nitrogens with zero attached hydrogens (tertiary/aromatic N) is 2. The topological polar surface area (TPSA) is 362 Å². The maximum absolute atomic E-state index is 13.5. The van der Waals surface area contributed by atoms with Gasteiger partial charge in [0.2, 0.25) is 11.6 Å². The van der Waals surface area contributed by atoms with Gasteiger partial charge in [0.1, 0.15) is 57.6 Å². The summed E-state index contributed by atoms with van der Waals surface area (Å²) in [6.07, 6.45) is 1.70. The van der Waals surface area contributed by atoms with E-state index in [1.165, 1.54) is 60.7 Å². The van der Waals surface area contributed by atoms with Gasteiger partial charge in [-0.05, 0) is 120 Å². The number of anilines is 4. The van der Waals surface area contributed by atoms with Gasteiger partial charge in [-0.25, -0.2) is 38.5 Å². The van der Waals surface area contributed by atoms with Crippen molar-refractivity contribution in [2.24, 2.45) is 10.2 Å². The number of hydrogen-bond donors (Lipinski definition) is 4. The number of rotatable bonds is 12. The van der Waals surface area contributed by atoms with E-state index in [0.29, 0.717) is 10.8 Å². The second kappa shape index (κ2) is 23.6. The Labute approximate surface area is 482 Å². The van der Waals surface area contributed by atoms with E-state index in [-0.39, 0.29) is 176 Å². The predicted octanol–water partition coefficient (Wildman–Crippen LogP) is -8.19. The molecule has 2 aliphatic carbocycles. The second-order valence-electron chi connectivity index (χ2n) is 13.6. The first-order valence-electron chi connectivity index (χ1n) is 18.1. The second-order valence-corrected chi connectivity index (χ2v) is 19.1. The molecule has 5 aromatic carbocycles. The van der Waals surface area contributed by atoms with Gasteiger partial charge in [0.05, 0.1) is 37.6 Å². The van der Waals surface area contributed by atoms with Gasteiger partial charge in [-0.3, -0.25) is 20.4 Å². The molecule has 0 saturated carbocycles. The third kappa shape index (κ3) is 14.1. The molecule has 30 heteroatoms. The van der Waals surface area contributed by atoms with Crippen LogP contribution in [0.1, 0.15) is 38.8 Å². The van der Waals surface area contributed by atoms with Crippen LogP contribution in [0, 0.1) is 0 Å². The van der Waals surface area contributed by atoms with Crippen LogP contribution in [0.4, 0.5) is 27.5 Å². The maximum atomic E-state index is 13.5. The number of urea groups is 1. The van der Waals surface area contributed by atoms with Crippen molar-refractivity contribution in [2.75, 3.05) is 28.1 Å². The quantitative estimate of drug-likeness (QED) is 0.0512. The predicted molar refractivity (Wildman–Crippen MR) is 229 cm³/mol. The number of benzene rings is 5. The molecule has 0 unspecified atom stereocenters. The number of hydrogen-bond acceptors (Lipinski definition) is 20. The van der Waals surface area contributed by atoms with Crippen LogP contribution in [0.15, 0.2) is 121 Å². The minimum absolute atomic E-state index is 0. The van der Waals surface area contributed by atoms with Gasteiger partial charge in [-0.2, -0.15) is 10.2 Å². The van der Waals surface area contributed by atoms with Crippen LogP contribution in [0.3, 0.4) is 0 Å². The Morgan fingerprint density at radius 1 is 0.536 bits per heavy atom. The Kier molecular flexibility index (Phi) is 20.6. The Morgan fingerprint density at radius 3 is 1.42 bits per heavy atom. The van der Waals surface area contributed by atoms with Crippen molar-refractivity contribution in [3.63, 3.8) is 0 Å². The van der Waals surface area contributed by atoms with Crippen molar-refractivity contribution in [1.29, 1.82) is 0 Å². The summed E-state index contributed by atoms with van der Waals surface area (Å²) in [6.45, 7) is 1.56. The van der Waals surface area contributed by atoms with E-state index in [2.05, 4.69) is 31.7 Å². The molecule has 0 aromatic heterocycles. The fourth-order valence-electron chi connectivity index (χ4n) is 6.46. The summed E-state index contributed by atoms with van der Waals surface area (Å²) in [4.78, 5) is 36.7. The molecule has 7 rings (SSSR count). The Bertz CT molecular complexity index is 3540. The molecule has 69 heavy (non-hydrogen) atoms. The van der Waals surface area contributed by atoms with Crippen molar-refractivity contribution >= 4 is 115 Å². The van der Waals surface area contributed by atoms with Crippen LogP contribution in [0.5, 0.6) is 5.75 Å². The van der Waals surface area contributed by atoms with E-state index in [9.17, 15) is 66.3 Å². The van der Waals surface area contributed by atoms with Gasteiger partial charge in [0.15, 0.2) is 0 Å². The Morgan fingerprint density at radius 2 is 0.971 bits per heavy atom. The smallest absolute Gasteiger partial charge is 0.744 e. The third-order valence-electron chi connectivity index (χ3n) is 9.32. The standard InChI is InChI=1S/C39H30N6O16S4.4Na/c1-2-61-31-12-8-27(19-32(31)63(52,53)54)43-45-36-34(65(58,59)60)18-23-15-25(7-11-30(23)38(36)47)41-39(48)40-24-6-10-29-22(14-24)17-33(64(55,56)57)35(37(29)46)44-42-26-5-3-21-16-28(62(49,50)51)9-4-20(21)13-26;;;;/h3-19,42-43H,2H2,1H3,(H2,40,41,48)(H,49,50,51)(H,52,53,54)(H,55,56,57)(H,58,59,60);;;;/q;4*+1/p-4/b44-35-,45-36+;;;;. The van der Waals surface area contributed by atoms with Crippen molar-refractivity contribution < 1.29 is 189 Å². The number of nitrogens with one attached hydrogen (secondary N) is 4. The molecule has 0 aliphatic heterocycles. The van der Waals surface area contributed by atoms with Crippen LogP contribution < -0.4 is 144 Å². The van der Waals surface area contributed by atoms with E-state index in [4.69, 9.17) is 4.74 Å². The number of hydrazone groups is 2. The van der Waals surface area contributed by atoms with E-state index in [1.807, 2.05) is 0 Å². The van der Waals surface area contributed by atoms with Gasteiger partial charge in [-0.1, -0.05) is 12.1 Å². The van der Waals surface area contributed by atoms with Gasteiger partial charge >= 0.3 is 124 Å². The third-order valence-corrected chi connectivity index (χ3v) is 12.7. The van der Waals surface area contributed by atoms with Gasteiger partial charge in [0, 0.05) is 22.5 Å². The molecule has 0 spiro atoms. The Hall–Kier alpha value is -3.17. The zero-order valence-corrected chi connectivity index (χ0v) is 47.8. The summed E-state index contributed by atoms with van der Waals surface area (Å²) in [5.41, 5.74) is 2.61. The number of amides is 2. The van der Waals surface area contributed by atoms with Crippen LogP contribution in [-0.4, -0.2) is 87.5 Å². The minimum Gasteiger partial charge on any atom is -0.744 e. The summed E-state index contributed by atoms with van der Waals surface area (Å²) in [7, 11) is -20.5. The van der Waals surface area contributed by atoms with Crippen LogP contribution in [0.25, 0.3) is 22.9 Å². The first-order valence-corrected chi connectivity index (χ1v) is 23.8. The summed E-state index contributed by atoms with van der Waals surface area (Å²) < 4.78 is 149. The number of fused-ring (bicyclic) bond motifs is 3. The van der Waals surface area contributed by atoms with E-state index in [0.717, 1.165) is 42.5 Å². The molecule has 0 atom stereocenters. The summed E-state index contributed by atoms with van der Waals surface area (Å²) >= 11 is 0. The summed E-state index contributed by atoms with van der Waals surface area (Å²) in [6, 6.07) is 17.4. The number of ketones is 2. The zero-order chi connectivity index (χ0) is 47.2. The molecule has 2 amide bonds. The van der Waals surface area contributed by atoms with Crippen LogP contribution >= 0.6 is 0 Å². The monoisotopic (exact) mass is 1050 g/mol. The van der Waals surface area contributed by atoms with Crippen LogP contribution in [-0.2, 0) is 40.5 Å². The molecule has 22 nitrogen and oxygen atoms in total. The Balaban J connectivity index is 0.00000315. The molecule has 4 N–H and O–H groups in total. The van der Waals surface area contributed by atoms with Crippen molar-refractivity contribution in [1.82, 2.24) is 0 Å². The molecule has 5 aromatic rings. The average molecular weight is 1050 g/mol. The molecular weight excluding hydrogens is 1030 g/mol. The SMILES string of the molecule is CCOc1ccc(N/N=C2/C(=O)c3ccc(NC(=O)Nc4ccc5c(c4)C=C(S(=O)(=O)[O-])/C(=N/Nc4ccc6cc(S(=O)(=O)[O-])ccc6c4)C5=O)cc3C=C2S(=O)(=O)[O-])cc1S(=O)(=O)[O-].[Na+].[Na+].[Na+].[Na+]. The molecule has 336 valence electrons. The number of carbonyl (C=O) groups excluding carboxylic acids is 3. The molecule has 0 bridgehead atoms. The molecule has 0 radical (unpaired) electrons. The minimum atomic E-state index is -5.40. The molecule has 0 saturated heterocycles. The van der Waals surface area contributed by atoms with Crippen molar-refractivity contribution in [3.8, 4) is 5.75 Å². The van der Waals surface area contributed by atoms with E-state index in [1.54, 1.807) is 6.92 Å². The molecular formula is C39H26N6Na4O16S4. The fourth-order valence-corrected chi connectivity index (χ4v) is 8.90. The first-order chi connectivity index (χ1) is 30.4. The first kappa shape index (κ1) is 60.1. The van der Waals surface area contributed by atoms with Gasteiger partial charge in [-0.15, -0.1) is 0 Å². The van der Waals surface area contributed by atoms with Crippen molar-refractivity contribution in [3.05, 3.63) is 123 Å². The number of Topliss-reactive ketones (excluding diaryl/α,β-unsaturated/α-hetero) is 2. The fraction of sp³-hybridized carbons (Fsp3) is 0.0513. The molecule has 0 heterocycles. The summed E-state index contributed by atoms with van der Waals surface area (Å²) in [5, 5.41) is 13.3. The van der Waals surface area contributed by atoms with E-state index < -0.39 is 89.1 Å². The van der Waals surface area contributed by atoms with Crippen molar-refractivity contribution in [2.45, 2.75) is 16.7 Å². The zero-order valence-electron chi connectivity index (χ0n) is 36.6. The summed E-state index contributed by atoms with van der Waals surface area (Å²) in [5.74, 6) is -2.31. The normalized spacial score (nSPS) is 14.6. The number of allylic oxidation sites excluding steroid dienone is 2. The number of ether oxygens (including phenoxy) is 1. The van der Waals surface area contributed by atoms with Gasteiger partial charge in [0.25, 0.3) is 0 Å². The van der Waals surface area contributed by atoms with E-state index >= 15 is 0 Å². The average Bonchev–Trinajstić information content (AvgIpc) is 3.21. The van der Waals surface area contributed by atoms with Gasteiger partial charge < -0.3 is 33.6 Å². The van der Waals surface area contributed by atoms with Crippen LogP contribution in [0.2, 0.25) is 0 Å².